The summed E-state index contributed by atoms with van der Waals surface area (Å²) >= 11 is 0. The molecule has 1 aliphatic rings. The number of nitrogens with two attached hydrogens (primary N) is 1. The average Bonchev–Trinajstić information content (AvgIpc) is 2.51. The lowest BCUT2D eigenvalue weighted by molar-refractivity contribution is -0.0564. The lowest BCUT2D eigenvalue weighted by Gasteiger charge is -2.35. The molecule has 1 atom stereocenters. The molecule has 1 fully saturated rings. The van der Waals surface area contributed by atoms with Gasteiger partial charge in [-0.15, -0.1) is 0 Å². The molecule has 1 saturated heterocycles. The molecule has 4 heteroatoms. The summed E-state index contributed by atoms with van der Waals surface area (Å²) in [4.78, 5) is 2.42. The van der Waals surface area contributed by atoms with E-state index in [2.05, 4.69) is 30.6 Å². The van der Waals surface area contributed by atoms with Crippen LogP contribution in [0.4, 0.5) is 0 Å². The molecule has 1 heterocycles. The number of nitrogens with zero attached hydrogens (tertiary/aromatic N) is 1. The number of rotatable bonds is 4. The van der Waals surface area contributed by atoms with Gasteiger partial charge >= 0.3 is 0 Å². The molecular weight excluding hydrogens is 264 g/mol. The van der Waals surface area contributed by atoms with Crippen LogP contribution < -0.4 is 10.5 Å². The van der Waals surface area contributed by atoms with Crippen LogP contribution in [0.3, 0.4) is 0 Å². The van der Waals surface area contributed by atoms with Crippen LogP contribution in [0.1, 0.15) is 19.4 Å². The molecule has 1 unspecified atom stereocenters. The van der Waals surface area contributed by atoms with E-state index in [-0.39, 0.29) is 6.10 Å². The molecule has 0 aromatic heterocycles. The maximum Gasteiger partial charge on any atom is 0.120 e. The Morgan fingerprint density at radius 3 is 3.10 bits per heavy atom. The van der Waals surface area contributed by atoms with Gasteiger partial charge in [-0.1, -0.05) is 17.9 Å². The molecule has 1 aliphatic heterocycles. The highest BCUT2D eigenvalue weighted by Gasteiger charge is 2.22. The number of ether oxygens (including phenoxy) is 2. The normalized spacial score (nSPS) is 19.1. The fourth-order valence-corrected chi connectivity index (χ4v) is 2.32. The van der Waals surface area contributed by atoms with Crippen molar-refractivity contribution in [2.24, 2.45) is 5.73 Å². The van der Waals surface area contributed by atoms with Gasteiger partial charge in [0.15, 0.2) is 0 Å². The summed E-state index contributed by atoms with van der Waals surface area (Å²) in [6.07, 6.45) is 0.125. The molecule has 21 heavy (non-hydrogen) atoms. The van der Waals surface area contributed by atoms with E-state index in [1.54, 1.807) is 0 Å². The zero-order valence-corrected chi connectivity index (χ0v) is 12.8. The van der Waals surface area contributed by atoms with E-state index in [1.165, 1.54) is 0 Å². The summed E-state index contributed by atoms with van der Waals surface area (Å²) in [6.45, 7) is 8.05. The Kier molecular flexibility index (Phi) is 6.06. The second-order valence-electron chi connectivity index (χ2n) is 5.43. The van der Waals surface area contributed by atoms with Crippen molar-refractivity contribution in [3.8, 4) is 17.6 Å². The Morgan fingerprint density at radius 2 is 2.33 bits per heavy atom. The topological polar surface area (TPSA) is 47.7 Å². The maximum absolute atomic E-state index is 5.84. The third-order valence-corrected chi connectivity index (χ3v) is 3.51. The second kappa shape index (κ2) is 8.04. The second-order valence-corrected chi connectivity index (χ2v) is 5.43. The van der Waals surface area contributed by atoms with Gasteiger partial charge in [0, 0.05) is 24.7 Å². The molecule has 0 amide bonds. The van der Waals surface area contributed by atoms with E-state index < -0.39 is 0 Å². The molecule has 0 spiro atoms. The molecule has 1 aromatic rings. The van der Waals surface area contributed by atoms with E-state index in [4.69, 9.17) is 15.2 Å². The van der Waals surface area contributed by atoms with Crippen LogP contribution >= 0.6 is 0 Å². The third-order valence-electron chi connectivity index (χ3n) is 3.51. The van der Waals surface area contributed by atoms with Crippen molar-refractivity contribution >= 4 is 0 Å². The minimum Gasteiger partial charge on any atom is -0.491 e. The molecular formula is C17H24N2O2. The molecule has 0 radical (unpaired) electrons. The molecule has 2 N–H and O–H groups in total. The molecule has 0 aliphatic carbocycles. The summed E-state index contributed by atoms with van der Waals surface area (Å²) in [6, 6.07) is 8.32. The highest BCUT2D eigenvalue weighted by molar-refractivity contribution is 5.39. The van der Waals surface area contributed by atoms with Crippen molar-refractivity contribution in [1.82, 2.24) is 4.90 Å². The Bertz CT molecular complexity index is 505. The van der Waals surface area contributed by atoms with Crippen LogP contribution in [0, 0.1) is 11.8 Å². The monoisotopic (exact) mass is 288 g/mol. The van der Waals surface area contributed by atoms with Crippen LogP contribution in [-0.2, 0) is 4.74 Å². The van der Waals surface area contributed by atoms with Gasteiger partial charge in [-0.05, 0) is 32.0 Å². The highest BCUT2D eigenvalue weighted by atomic mass is 16.5. The minimum absolute atomic E-state index is 0.125. The minimum atomic E-state index is 0.125. The lowest BCUT2D eigenvalue weighted by Crippen LogP contribution is -2.47. The van der Waals surface area contributed by atoms with Gasteiger partial charge < -0.3 is 15.2 Å². The van der Waals surface area contributed by atoms with Crippen molar-refractivity contribution in [2.75, 3.05) is 32.8 Å². The fraction of sp³-hybridized carbons (Fsp3) is 0.529. The standard InChI is InChI=1S/C17H24N2O2/c1-14(2)19-9-10-20-17(12-19)13-21-16-7-3-5-15(11-16)6-4-8-18/h3,5,7,11,14,17H,8-10,12-13,18H2,1-2H3. The molecule has 114 valence electrons. The van der Waals surface area contributed by atoms with E-state index in [1.807, 2.05) is 24.3 Å². The molecule has 1 aromatic carbocycles. The number of morpholine rings is 1. The highest BCUT2D eigenvalue weighted by Crippen LogP contribution is 2.15. The van der Waals surface area contributed by atoms with Crippen LogP contribution in [0.5, 0.6) is 5.75 Å². The fourth-order valence-electron chi connectivity index (χ4n) is 2.32. The van der Waals surface area contributed by atoms with Gasteiger partial charge in [-0.2, -0.15) is 0 Å². The van der Waals surface area contributed by atoms with Gasteiger partial charge in [0.2, 0.25) is 0 Å². The van der Waals surface area contributed by atoms with Crippen molar-refractivity contribution in [1.29, 1.82) is 0 Å². The summed E-state index contributed by atoms with van der Waals surface area (Å²) < 4.78 is 11.6. The zero-order valence-electron chi connectivity index (χ0n) is 12.8. The predicted octanol–water partition coefficient (Wildman–Crippen LogP) is 1.48. The first-order chi connectivity index (χ1) is 10.2. The largest absolute Gasteiger partial charge is 0.491 e. The first kappa shape index (κ1) is 15.8. The predicted molar refractivity (Wildman–Crippen MR) is 84.3 cm³/mol. The van der Waals surface area contributed by atoms with Crippen LogP contribution in [0.2, 0.25) is 0 Å². The number of hydrogen-bond donors (Lipinski definition) is 1. The number of hydrogen-bond acceptors (Lipinski definition) is 4. The summed E-state index contributed by atoms with van der Waals surface area (Å²) in [5.74, 6) is 6.68. The van der Waals surface area contributed by atoms with E-state index in [9.17, 15) is 0 Å². The Balaban J connectivity index is 1.88. The van der Waals surface area contributed by atoms with Crippen molar-refractivity contribution in [2.45, 2.75) is 26.0 Å². The van der Waals surface area contributed by atoms with Gasteiger partial charge in [-0.25, -0.2) is 0 Å². The Hall–Kier alpha value is -1.54. The lowest BCUT2D eigenvalue weighted by atomic mass is 10.2. The summed E-state index contributed by atoms with van der Waals surface area (Å²) in [7, 11) is 0. The molecule has 2 rings (SSSR count). The van der Waals surface area contributed by atoms with Crippen LogP contribution in [0.25, 0.3) is 0 Å². The van der Waals surface area contributed by atoms with Gasteiger partial charge in [0.1, 0.15) is 18.5 Å². The first-order valence-corrected chi connectivity index (χ1v) is 7.46. The summed E-state index contributed by atoms with van der Waals surface area (Å²) in [5, 5.41) is 0. The van der Waals surface area contributed by atoms with E-state index in [0.717, 1.165) is 31.0 Å². The van der Waals surface area contributed by atoms with Crippen molar-refractivity contribution in [3.63, 3.8) is 0 Å². The third kappa shape index (κ3) is 5.05. The SMILES string of the molecule is CC(C)N1CCOC(COc2cccc(C#CCN)c2)C1. The summed E-state index contributed by atoms with van der Waals surface area (Å²) in [5.41, 5.74) is 6.30. The Morgan fingerprint density at radius 1 is 1.48 bits per heavy atom. The first-order valence-electron chi connectivity index (χ1n) is 7.46. The van der Waals surface area contributed by atoms with Crippen molar-refractivity contribution < 1.29 is 9.47 Å². The van der Waals surface area contributed by atoms with Crippen LogP contribution in [0.15, 0.2) is 24.3 Å². The smallest absolute Gasteiger partial charge is 0.120 e. The maximum atomic E-state index is 5.84. The van der Waals surface area contributed by atoms with Crippen LogP contribution in [-0.4, -0.2) is 49.9 Å². The average molecular weight is 288 g/mol. The quantitative estimate of drug-likeness (QED) is 0.853. The Labute approximate surface area is 127 Å². The van der Waals surface area contributed by atoms with E-state index >= 15 is 0 Å². The molecule has 0 saturated carbocycles. The molecule has 4 nitrogen and oxygen atoms in total. The van der Waals surface area contributed by atoms with E-state index in [0.29, 0.717) is 19.2 Å². The van der Waals surface area contributed by atoms with Gasteiger partial charge in [0.25, 0.3) is 0 Å². The van der Waals surface area contributed by atoms with Gasteiger partial charge in [0.05, 0.1) is 13.2 Å². The molecule has 0 bridgehead atoms. The number of benzene rings is 1. The van der Waals surface area contributed by atoms with Crippen molar-refractivity contribution in [3.05, 3.63) is 29.8 Å². The van der Waals surface area contributed by atoms with Gasteiger partial charge in [-0.3, -0.25) is 4.90 Å². The zero-order chi connectivity index (χ0) is 15.1.